The van der Waals surface area contributed by atoms with Crippen LogP contribution in [0.4, 0.5) is 0 Å². The number of rotatable bonds is 6. The minimum atomic E-state index is -0.616. The van der Waals surface area contributed by atoms with E-state index in [4.69, 9.17) is 14.5 Å². The number of aliphatic hydroxyl groups is 1. The van der Waals surface area contributed by atoms with E-state index < -0.39 is 6.10 Å². The molecule has 2 aromatic carbocycles. The summed E-state index contributed by atoms with van der Waals surface area (Å²) < 4.78 is 13.7. The topological polar surface area (TPSA) is 56.5 Å². The van der Waals surface area contributed by atoms with Gasteiger partial charge in [0.25, 0.3) is 0 Å². The Labute approximate surface area is 165 Å². The van der Waals surface area contributed by atoms with Crippen molar-refractivity contribution in [3.8, 4) is 5.75 Å². The Morgan fingerprint density at radius 2 is 1.82 bits per heavy atom. The molecule has 1 aromatic heterocycles. The first kappa shape index (κ1) is 19.0. The second kappa shape index (κ2) is 8.33. The van der Waals surface area contributed by atoms with E-state index in [1.165, 1.54) is 0 Å². The van der Waals surface area contributed by atoms with Crippen molar-refractivity contribution in [3.63, 3.8) is 0 Å². The van der Waals surface area contributed by atoms with Crippen LogP contribution >= 0.6 is 0 Å². The molecule has 0 aliphatic carbocycles. The molecule has 1 N–H and O–H groups in total. The Balaban J connectivity index is 1.54. The number of ether oxygens (including phenoxy) is 2. The number of benzene rings is 2. The highest BCUT2D eigenvalue weighted by molar-refractivity contribution is 5.76. The van der Waals surface area contributed by atoms with E-state index in [0.717, 1.165) is 59.8 Å². The average molecular weight is 380 g/mol. The smallest absolute Gasteiger partial charge is 0.125 e. The van der Waals surface area contributed by atoms with Gasteiger partial charge in [-0.3, -0.25) is 0 Å². The Morgan fingerprint density at radius 3 is 2.57 bits per heavy atom. The minimum absolute atomic E-state index is 0.255. The maximum Gasteiger partial charge on any atom is 0.125 e. The highest BCUT2D eigenvalue weighted by atomic mass is 16.5. The second-order valence-electron chi connectivity index (χ2n) is 7.64. The minimum Gasteiger partial charge on any atom is -0.490 e. The van der Waals surface area contributed by atoms with Gasteiger partial charge in [0.15, 0.2) is 0 Å². The maximum absolute atomic E-state index is 10.7. The highest BCUT2D eigenvalue weighted by Crippen LogP contribution is 2.30. The SMILES string of the molecule is Cc1cccc(C)c1OCC(O)Cn1c(C2CCOCC2)nc2ccccc21. The van der Waals surface area contributed by atoms with Crippen LogP contribution in [-0.4, -0.2) is 40.6 Å². The lowest BCUT2D eigenvalue weighted by Gasteiger charge is -2.24. The monoisotopic (exact) mass is 380 g/mol. The molecule has 1 fully saturated rings. The number of aryl methyl sites for hydroxylation is 2. The standard InChI is InChI=1S/C23H28N2O3/c1-16-6-5-7-17(2)22(16)28-15-19(26)14-25-21-9-4-3-8-20(21)24-23(25)18-10-12-27-13-11-18/h3-9,18-19,26H,10-15H2,1-2H3. The Kier molecular flexibility index (Phi) is 5.64. The van der Waals surface area contributed by atoms with Gasteiger partial charge in [-0.25, -0.2) is 4.98 Å². The molecule has 1 aliphatic rings. The van der Waals surface area contributed by atoms with Crippen molar-refractivity contribution in [2.75, 3.05) is 19.8 Å². The molecule has 5 nitrogen and oxygen atoms in total. The molecule has 3 aromatic rings. The Morgan fingerprint density at radius 1 is 1.11 bits per heavy atom. The van der Waals surface area contributed by atoms with Crippen molar-refractivity contribution in [1.82, 2.24) is 9.55 Å². The summed E-state index contributed by atoms with van der Waals surface area (Å²) >= 11 is 0. The molecule has 1 saturated heterocycles. The molecule has 2 heterocycles. The van der Waals surface area contributed by atoms with Crippen LogP contribution in [0.2, 0.25) is 0 Å². The van der Waals surface area contributed by atoms with Gasteiger partial charge in [-0.05, 0) is 49.9 Å². The quantitative estimate of drug-likeness (QED) is 0.703. The first-order valence-corrected chi connectivity index (χ1v) is 10.0. The third-order valence-corrected chi connectivity index (χ3v) is 5.49. The van der Waals surface area contributed by atoms with E-state index in [2.05, 4.69) is 10.6 Å². The van der Waals surface area contributed by atoms with Crippen LogP contribution in [0, 0.1) is 13.8 Å². The normalized spacial score (nSPS) is 16.4. The summed E-state index contributed by atoms with van der Waals surface area (Å²) in [5, 5.41) is 10.7. The van der Waals surface area contributed by atoms with Crippen LogP contribution in [-0.2, 0) is 11.3 Å². The summed E-state index contributed by atoms with van der Waals surface area (Å²) in [5.41, 5.74) is 4.22. The molecular formula is C23H28N2O3. The van der Waals surface area contributed by atoms with Crippen LogP contribution in [0.5, 0.6) is 5.75 Å². The van der Waals surface area contributed by atoms with E-state index in [0.29, 0.717) is 12.5 Å². The number of nitrogens with zero attached hydrogens (tertiary/aromatic N) is 2. The van der Waals surface area contributed by atoms with E-state index in [9.17, 15) is 5.11 Å². The number of fused-ring (bicyclic) bond motifs is 1. The molecule has 1 atom stereocenters. The zero-order valence-corrected chi connectivity index (χ0v) is 16.6. The first-order chi connectivity index (χ1) is 13.6. The molecule has 0 bridgehead atoms. The molecule has 1 aliphatic heterocycles. The molecule has 148 valence electrons. The van der Waals surface area contributed by atoms with Crippen molar-refractivity contribution in [2.45, 2.75) is 45.3 Å². The predicted molar refractivity (Wildman–Crippen MR) is 110 cm³/mol. The van der Waals surface area contributed by atoms with Crippen molar-refractivity contribution >= 4 is 11.0 Å². The van der Waals surface area contributed by atoms with Gasteiger partial charge >= 0.3 is 0 Å². The molecular weight excluding hydrogens is 352 g/mol. The second-order valence-corrected chi connectivity index (χ2v) is 7.64. The fraction of sp³-hybridized carbons (Fsp3) is 0.435. The number of aliphatic hydroxyl groups excluding tert-OH is 1. The lowest BCUT2D eigenvalue weighted by molar-refractivity contribution is 0.0779. The van der Waals surface area contributed by atoms with Crippen molar-refractivity contribution in [3.05, 3.63) is 59.4 Å². The van der Waals surface area contributed by atoms with E-state index in [-0.39, 0.29) is 6.61 Å². The molecule has 1 unspecified atom stereocenters. The average Bonchev–Trinajstić information content (AvgIpc) is 3.07. The molecule has 0 spiro atoms. The van der Waals surface area contributed by atoms with Crippen molar-refractivity contribution in [2.24, 2.45) is 0 Å². The molecule has 0 saturated carbocycles. The van der Waals surface area contributed by atoms with Gasteiger partial charge in [0.1, 0.15) is 24.3 Å². The Hall–Kier alpha value is -2.37. The lowest BCUT2D eigenvalue weighted by Crippen LogP contribution is -2.26. The van der Waals surface area contributed by atoms with Gasteiger partial charge in [0.05, 0.1) is 17.6 Å². The van der Waals surface area contributed by atoms with Gasteiger partial charge in [-0.2, -0.15) is 0 Å². The number of para-hydroxylation sites is 3. The zero-order chi connectivity index (χ0) is 19.5. The highest BCUT2D eigenvalue weighted by Gasteiger charge is 2.24. The molecule has 4 rings (SSSR count). The van der Waals surface area contributed by atoms with E-state index in [1.807, 2.05) is 50.2 Å². The van der Waals surface area contributed by atoms with Crippen LogP contribution in [0.3, 0.4) is 0 Å². The van der Waals surface area contributed by atoms with Crippen molar-refractivity contribution < 1.29 is 14.6 Å². The van der Waals surface area contributed by atoms with E-state index >= 15 is 0 Å². The van der Waals surface area contributed by atoms with Gasteiger partial charge in [0.2, 0.25) is 0 Å². The number of hydrogen-bond donors (Lipinski definition) is 1. The lowest BCUT2D eigenvalue weighted by atomic mass is 9.99. The molecule has 5 heteroatoms. The van der Waals surface area contributed by atoms with Crippen LogP contribution in [0.15, 0.2) is 42.5 Å². The first-order valence-electron chi connectivity index (χ1n) is 10.0. The van der Waals surface area contributed by atoms with Crippen molar-refractivity contribution in [1.29, 1.82) is 0 Å². The maximum atomic E-state index is 10.7. The number of hydrogen-bond acceptors (Lipinski definition) is 4. The third kappa shape index (κ3) is 3.91. The fourth-order valence-corrected chi connectivity index (χ4v) is 4.02. The zero-order valence-electron chi connectivity index (χ0n) is 16.6. The molecule has 0 amide bonds. The van der Waals surface area contributed by atoms with Gasteiger partial charge in [0, 0.05) is 19.1 Å². The predicted octanol–water partition coefficient (Wildman–Crippen LogP) is 3.99. The van der Waals surface area contributed by atoms with Crippen LogP contribution < -0.4 is 4.74 Å². The number of aromatic nitrogens is 2. The summed E-state index contributed by atoms with van der Waals surface area (Å²) in [7, 11) is 0. The third-order valence-electron chi connectivity index (χ3n) is 5.49. The van der Waals surface area contributed by atoms with Gasteiger partial charge in [-0.1, -0.05) is 30.3 Å². The summed E-state index contributed by atoms with van der Waals surface area (Å²) in [6.07, 6.45) is 1.33. The van der Waals surface area contributed by atoms with Gasteiger partial charge < -0.3 is 19.1 Å². The number of imidazole rings is 1. The van der Waals surface area contributed by atoms with Crippen LogP contribution in [0.25, 0.3) is 11.0 Å². The summed E-state index contributed by atoms with van der Waals surface area (Å²) in [4.78, 5) is 4.89. The summed E-state index contributed by atoms with van der Waals surface area (Å²) in [5.74, 6) is 2.28. The Bertz CT molecular complexity index is 924. The van der Waals surface area contributed by atoms with Crippen LogP contribution in [0.1, 0.15) is 35.7 Å². The molecule has 28 heavy (non-hydrogen) atoms. The summed E-state index contributed by atoms with van der Waals surface area (Å²) in [6, 6.07) is 14.2. The fourth-order valence-electron chi connectivity index (χ4n) is 4.02. The van der Waals surface area contributed by atoms with E-state index in [1.54, 1.807) is 0 Å². The summed E-state index contributed by atoms with van der Waals surface area (Å²) in [6.45, 7) is 6.32. The largest absolute Gasteiger partial charge is 0.490 e. The van der Waals surface area contributed by atoms with Gasteiger partial charge in [-0.15, -0.1) is 0 Å². The molecule has 0 radical (unpaired) electrons.